The van der Waals surface area contributed by atoms with Crippen LogP contribution in [0.4, 0.5) is 0 Å². The Morgan fingerprint density at radius 2 is 1.00 bits per heavy atom. The van der Waals surface area contributed by atoms with Gasteiger partial charge in [0.1, 0.15) is 69.7 Å². The number of aromatic nitrogens is 6. The maximum Gasteiger partial charge on any atom is 0.147 e. The minimum atomic E-state index is -0.300. The van der Waals surface area contributed by atoms with Gasteiger partial charge in [0.05, 0.1) is 6.61 Å². The number of thioether (sulfide) groups is 1. The summed E-state index contributed by atoms with van der Waals surface area (Å²) < 4.78 is 12.1. The van der Waals surface area contributed by atoms with Crippen LogP contribution in [0.15, 0.2) is 126 Å². The first-order valence-electron chi connectivity index (χ1n) is 19.9. The fraction of sp³-hybridized carbons (Fsp3) is 0.250. The van der Waals surface area contributed by atoms with Gasteiger partial charge in [-0.05, 0) is 70.5 Å². The second kappa shape index (κ2) is 18.3. The number of aromatic hydroxyl groups is 2. The van der Waals surface area contributed by atoms with E-state index in [0.717, 1.165) is 38.2 Å². The van der Waals surface area contributed by atoms with Gasteiger partial charge in [0.25, 0.3) is 0 Å². The van der Waals surface area contributed by atoms with E-state index in [2.05, 4.69) is 20.4 Å². The number of aliphatic hydroxyl groups is 1. The van der Waals surface area contributed by atoms with E-state index < -0.39 is 0 Å². The van der Waals surface area contributed by atoms with Crippen LogP contribution in [0.25, 0.3) is 33.4 Å². The van der Waals surface area contributed by atoms with E-state index in [1.165, 1.54) is 9.59 Å². The Balaban J connectivity index is 0.000000185. The smallest absolute Gasteiger partial charge is 0.147 e. The topological polar surface area (TPSA) is 141 Å². The lowest BCUT2D eigenvalue weighted by atomic mass is 9.86. The summed E-state index contributed by atoms with van der Waals surface area (Å²) in [5, 5.41) is 49.9. The summed E-state index contributed by atoms with van der Waals surface area (Å²) in [6.45, 7) is 13.2. The largest absolute Gasteiger partial charge is 0.505 e. The highest BCUT2D eigenvalue weighted by molar-refractivity contribution is 7.99. The summed E-state index contributed by atoms with van der Waals surface area (Å²) >= 11 is 7.63. The molecule has 0 atom stereocenters. The monoisotopic (exact) mass is 856 g/mol. The maximum atomic E-state index is 11.1. The van der Waals surface area contributed by atoms with Crippen molar-refractivity contribution < 1.29 is 24.8 Å². The minimum Gasteiger partial charge on any atom is -0.505 e. The third-order valence-electron chi connectivity index (χ3n) is 9.72. The minimum absolute atomic E-state index is 0.120. The maximum absolute atomic E-state index is 11.1. The summed E-state index contributed by atoms with van der Waals surface area (Å²) in [6, 6.07) is 38.3. The van der Waals surface area contributed by atoms with Crippen molar-refractivity contribution in [1.82, 2.24) is 30.0 Å². The molecule has 0 bridgehead atoms. The predicted molar refractivity (Wildman–Crippen MR) is 243 cm³/mol. The van der Waals surface area contributed by atoms with E-state index in [0.29, 0.717) is 57.9 Å². The van der Waals surface area contributed by atoms with Crippen LogP contribution in [0.1, 0.15) is 63.8 Å². The van der Waals surface area contributed by atoms with Gasteiger partial charge in [-0.2, -0.15) is 0 Å². The third kappa shape index (κ3) is 10.5. The number of ether oxygens (including phenoxy) is 2. The molecule has 8 aromatic rings. The van der Waals surface area contributed by atoms with E-state index in [1.807, 2.05) is 133 Å². The molecule has 13 heteroatoms. The van der Waals surface area contributed by atoms with E-state index in [1.54, 1.807) is 42.1 Å². The van der Waals surface area contributed by atoms with Crippen molar-refractivity contribution in [2.45, 2.75) is 70.5 Å². The highest BCUT2D eigenvalue weighted by atomic mass is 35.5. The fourth-order valence-electron chi connectivity index (χ4n) is 6.53. The molecule has 0 aliphatic carbocycles. The van der Waals surface area contributed by atoms with Crippen LogP contribution in [0.5, 0.6) is 23.0 Å². The molecule has 0 radical (unpaired) electrons. The van der Waals surface area contributed by atoms with Gasteiger partial charge in [0, 0.05) is 38.9 Å². The molecular formula is C48H49ClN6O5S. The number of fused-ring (bicyclic) bond motifs is 2. The molecule has 2 aromatic heterocycles. The third-order valence-corrected chi connectivity index (χ3v) is 10.9. The van der Waals surface area contributed by atoms with Crippen LogP contribution >= 0.6 is 23.4 Å². The second-order valence-electron chi connectivity index (χ2n) is 16.6. The van der Waals surface area contributed by atoms with Gasteiger partial charge in [-0.1, -0.05) is 114 Å². The molecule has 0 spiro atoms. The summed E-state index contributed by atoms with van der Waals surface area (Å²) in [5.41, 5.74) is 6.81. The number of rotatable bonds is 11. The molecule has 6 aromatic carbocycles. The van der Waals surface area contributed by atoms with Crippen molar-refractivity contribution in [3.63, 3.8) is 0 Å². The fourth-order valence-corrected chi connectivity index (χ4v) is 7.39. The Morgan fingerprint density at radius 3 is 1.46 bits per heavy atom. The lowest BCUT2D eigenvalue weighted by molar-refractivity contribution is 0.304. The number of benzene rings is 6. The standard InChI is InChI=1S/C25H27N3O3S.C23H22ClN3O2/c1-25(2,3)20-13-18(31-16-17-7-5-4-6-8-17)14-23(24(20)30)28-26-21-10-9-19(32-12-11-29)15-22(21)27-28;1-23(2,3)18-12-17(29-14-15-7-5-4-6-8-15)13-21(22(18)28)27-25-19-10-9-16(24)11-20(19)26-27/h4-10,13-15,29-30H,11-12,16H2,1-3H3;4-13,28H,14H2,1-3H3. The Hall–Kier alpha value is -6.08. The van der Waals surface area contributed by atoms with Gasteiger partial charge in [-0.25, -0.2) is 0 Å². The van der Waals surface area contributed by atoms with Crippen molar-refractivity contribution in [2.75, 3.05) is 12.4 Å². The Bertz CT molecular complexity index is 2760. The molecule has 61 heavy (non-hydrogen) atoms. The molecule has 314 valence electrons. The van der Waals surface area contributed by atoms with Gasteiger partial charge in [-0.3, -0.25) is 0 Å². The summed E-state index contributed by atoms with van der Waals surface area (Å²) in [7, 11) is 0. The van der Waals surface area contributed by atoms with Crippen molar-refractivity contribution >= 4 is 45.4 Å². The highest BCUT2D eigenvalue weighted by Gasteiger charge is 2.25. The summed E-state index contributed by atoms with van der Waals surface area (Å²) in [5.74, 6) is 2.18. The first-order chi connectivity index (χ1) is 29.2. The number of phenolic OH excluding ortho intramolecular Hbond substituents is 2. The van der Waals surface area contributed by atoms with Gasteiger partial charge in [-0.15, -0.1) is 41.7 Å². The average molecular weight is 857 g/mol. The van der Waals surface area contributed by atoms with E-state index in [9.17, 15) is 10.2 Å². The molecule has 0 aliphatic heterocycles. The van der Waals surface area contributed by atoms with E-state index in [-0.39, 0.29) is 28.9 Å². The van der Waals surface area contributed by atoms with Crippen molar-refractivity contribution in [3.05, 3.63) is 149 Å². The number of aliphatic hydroxyl groups excluding tert-OH is 1. The molecule has 0 amide bonds. The average Bonchev–Trinajstić information content (AvgIpc) is 3.86. The van der Waals surface area contributed by atoms with Crippen LogP contribution in [-0.2, 0) is 24.0 Å². The van der Waals surface area contributed by atoms with Crippen LogP contribution in [0, 0.1) is 0 Å². The molecule has 0 fully saturated rings. The molecule has 11 nitrogen and oxygen atoms in total. The molecular weight excluding hydrogens is 808 g/mol. The lowest BCUT2D eigenvalue weighted by Gasteiger charge is -2.23. The van der Waals surface area contributed by atoms with Gasteiger partial charge < -0.3 is 24.8 Å². The number of phenols is 2. The molecule has 3 N–H and O–H groups in total. The number of hydrogen-bond donors (Lipinski definition) is 3. The van der Waals surface area contributed by atoms with Gasteiger partial charge in [0.2, 0.25) is 0 Å². The van der Waals surface area contributed by atoms with E-state index in [4.69, 9.17) is 26.2 Å². The molecule has 0 aliphatic rings. The molecule has 2 heterocycles. The quantitative estimate of drug-likeness (QED) is 0.108. The number of hydrogen-bond acceptors (Lipinski definition) is 10. The Labute approximate surface area is 364 Å². The zero-order valence-corrected chi connectivity index (χ0v) is 36.6. The Morgan fingerprint density at radius 1 is 0.557 bits per heavy atom. The van der Waals surface area contributed by atoms with Crippen molar-refractivity contribution in [1.29, 1.82) is 0 Å². The SMILES string of the molecule is CC(C)(C)c1cc(OCc2ccccc2)cc(-n2nc3ccc(Cl)cc3n2)c1O.CC(C)(C)c1cc(OCc2ccccc2)cc(-n2nc3ccc(SCCO)cc3n2)c1O. The summed E-state index contributed by atoms with van der Waals surface area (Å²) in [4.78, 5) is 3.91. The summed E-state index contributed by atoms with van der Waals surface area (Å²) in [6.07, 6.45) is 0. The molecule has 0 saturated heterocycles. The van der Waals surface area contributed by atoms with Gasteiger partial charge >= 0.3 is 0 Å². The van der Waals surface area contributed by atoms with Crippen molar-refractivity contribution in [3.8, 4) is 34.4 Å². The second-order valence-corrected chi connectivity index (χ2v) is 18.2. The normalized spacial score (nSPS) is 11.7. The van der Waals surface area contributed by atoms with Crippen LogP contribution in [0.3, 0.4) is 0 Å². The zero-order valence-electron chi connectivity index (χ0n) is 35.0. The first-order valence-corrected chi connectivity index (χ1v) is 21.2. The molecule has 0 saturated carbocycles. The van der Waals surface area contributed by atoms with Crippen LogP contribution < -0.4 is 9.47 Å². The van der Waals surface area contributed by atoms with Crippen LogP contribution in [0.2, 0.25) is 5.02 Å². The Kier molecular flexibility index (Phi) is 12.9. The van der Waals surface area contributed by atoms with Gasteiger partial charge in [0.15, 0.2) is 0 Å². The van der Waals surface area contributed by atoms with Crippen molar-refractivity contribution in [2.24, 2.45) is 0 Å². The molecule has 8 rings (SSSR count). The van der Waals surface area contributed by atoms with E-state index >= 15 is 0 Å². The zero-order chi connectivity index (χ0) is 43.3. The number of nitrogens with zero attached hydrogens (tertiary/aromatic N) is 6. The lowest BCUT2D eigenvalue weighted by Crippen LogP contribution is -2.13. The number of halogens is 1. The van der Waals surface area contributed by atoms with Crippen LogP contribution in [-0.4, -0.2) is 57.7 Å². The predicted octanol–water partition coefficient (Wildman–Crippen LogP) is 10.7. The molecule has 0 unspecified atom stereocenters. The highest BCUT2D eigenvalue weighted by Crippen LogP contribution is 2.40. The first kappa shape index (κ1) is 43.0.